The molecule has 1 N–H and O–H groups in total. The molecular formula is C16H19N3O3S2. The normalized spacial score (nSPS) is 16.0. The van der Waals surface area contributed by atoms with Gasteiger partial charge in [-0.15, -0.1) is 11.3 Å². The lowest BCUT2D eigenvalue weighted by atomic mass is 10.2. The van der Waals surface area contributed by atoms with E-state index in [1.807, 2.05) is 0 Å². The highest BCUT2D eigenvalue weighted by molar-refractivity contribution is 7.91. The van der Waals surface area contributed by atoms with Gasteiger partial charge in [0, 0.05) is 30.4 Å². The summed E-state index contributed by atoms with van der Waals surface area (Å²) < 4.78 is 27.1. The molecule has 0 saturated carbocycles. The Morgan fingerprint density at radius 3 is 2.71 bits per heavy atom. The second kappa shape index (κ2) is 7.42. The monoisotopic (exact) mass is 365 g/mol. The molecule has 3 heterocycles. The van der Waals surface area contributed by atoms with Crippen LogP contribution in [0.25, 0.3) is 0 Å². The van der Waals surface area contributed by atoms with Crippen molar-refractivity contribution in [1.29, 1.82) is 0 Å². The fourth-order valence-electron chi connectivity index (χ4n) is 2.59. The van der Waals surface area contributed by atoms with Crippen molar-refractivity contribution in [2.24, 2.45) is 0 Å². The van der Waals surface area contributed by atoms with Crippen LogP contribution in [0.2, 0.25) is 0 Å². The molecule has 24 heavy (non-hydrogen) atoms. The standard InChI is InChI=1S/C16H19N3O3S2/c20-16(13-5-4-8-17-11-13)18-12-14-6-7-15(23-14)24(21,22)19-9-2-1-3-10-19/h4-8,11H,1-3,9-10,12H2,(H,18,20). The Kier molecular flexibility index (Phi) is 5.27. The molecule has 2 aromatic heterocycles. The molecule has 1 fully saturated rings. The Balaban J connectivity index is 1.64. The Morgan fingerprint density at radius 1 is 1.21 bits per heavy atom. The van der Waals surface area contributed by atoms with Crippen molar-refractivity contribution >= 4 is 27.3 Å². The summed E-state index contributed by atoms with van der Waals surface area (Å²) >= 11 is 1.21. The first-order valence-corrected chi connectivity index (χ1v) is 10.1. The summed E-state index contributed by atoms with van der Waals surface area (Å²) in [5.74, 6) is -0.225. The van der Waals surface area contributed by atoms with Gasteiger partial charge in [-0.3, -0.25) is 9.78 Å². The number of carbonyl (C=O) groups is 1. The number of nitrogens with zero attached hydrogens (tertiary/aromatic N) is 2. The van der Waals surface area contributed by atoms with E-state index in [2.05, 4.69) is 10.3 Å². The molecule has 0 aromatic carbocycles. The topological polar surface area (TPSA) is 79.4 Å². The van der Waals surface area contributed by atoms with E-state index in [0.29, 0.717) is 29.4 Å². The van der Waals surface area contributed by atoms with E-state index in [0.717, 1.165) is 24.1 Å². The smallest absolute Gasteiger partial charge is 0.253 e. The minimum atomic E-state index is -3.40. The number of piperidine rings is 1. The molecule has 128 valence electrons. The highest BCUT2D eigenvalue weighted by Crippen LogP contribution is 2.27. The van der Waals surface area contributed by atoms with Crippen LogP contribution in [0, 0.1) is 0 Å². The largest absolute Gasteiger partial charge is 0.347 e. The van der Waals surface area contributed by atoms with Crippen molar-refractivity contribution < 1.29 is 13.2 Å². The van der Waals surface area contributed by atoms with Gasteiger partial charge in [0.25, 0.3) is 15.9 Å². The molecule has 0 spiro atoms. The van der Waals surface area contributed by atoms with Gasteiger partial charge >= 0.3 is 0 Å². The lowest BCUT2D eigenvalue weighted by Crippen LogP contribution is -2.35. The summed E-state index contributed by atoms with van der Waals surface area (Å²) in [4.78, 5) is 16.7. The molecule has 1 amide bonds. The number of amides is 1. The number of aromatic nitrogens is 1. The maximum Gasteiger partial charge on any atom is 0.253 e. The minimum absolute atomic E-state index is 0.225. The number of thiophene rings is 1. The molecule has 8 heteroatoms. The van der Waals surface area contributed by atoms with Crippen molar-refractivity contribution in [2.45, 2.75) is 30.0 Å². The lowest BCUT2D eigenvalue weighted by Gasteiger charge is -2.25. The van der Waals surface area contributed by atoms with Crippen LogP contribution < -0.4 is 5.32 Å². The van der Waals surface area contributed by atoms with E-state index in [-0.39, 0.29) is 5.91 Å². The third kappa shape index (κ3) is 3.82. The Hall–Kier alpha value is -1.77. The Labute approximate surface area is 145 Å². The maximum absolute atomic E-state index is 12.6. The second-order valence-corrected chi connectivity index (χ2v) is 8.94. The maximum atomic E-state index is 12.6. The lowest BCUT2D eigenvalue weighted by molar-refractivity contribution is 0.0951. The van der Waals surface area contributed by atoms with Gasteiger partial charge < -0.3 is 5.32 Å². The van der Waals surface area contributed by atoms with Gasteiger partial charge in [-0.05, 0) is 37.1 Å². The summed E-state index contributed by atoms with van der Waals surface area (Å²) in [6.45, 7) is 1.48. The predicted molar refractivity (Wildman–Crippen MR) is 92.3 cm³/mol. The number of rotatable bonds is 5. The molecule has 0 bridgehead atoms. The first-order chi connectivity index (χ1) is 11.6. The highest BCUT2D eigenvalue weighted by atomic mass is 32.2. The zero-order valence-corrected chi connectivity index (χ0v) is 14.8. The molecule has 3 rings (SSSR count). The van der Waals surface area contributed by atoms with Gasteiger partial charge in [0.2, 0.25) is 0 Å². The van der Waals surface area contributed by atoms with Gasteiger partial charge in [0.05, 0.1) is 12.1 Å². The molecule has 0 radical (unpaired) electrons. The quantitative estimate of drug-likeness (QED) is 0.881. The summed E-state index contributed by atoms with van der Waals surface area (Å²) in [5.41, 5.74) is 0.482. The first kappa shape index (κ1) is 17.1. The van der Waals surface area contributed by atoms with E-state index in [1.54, 1.807) is 34.8 Å². The van der Waals surface area contributed by atoms with Gasteiger partial charge in [0.15, 0.2) is 0 Å². The summed E-state index contributed by atoms with van der Waals surface area (Å²) in [6, 6.07) is 6.76. The number of hydrogen-bond acceptors (Lipinski definition) is 5. The van der Waals surface area contributed by atoms with Crippen LogP contribution in [-0.2, 0) is 16.6 Å². The SMILES string of the molecule is O=C(NCc1ccc(S(=O)(=O)N2CCCCC2)s1)c1cccnc1. The third-order valence-corrected chi connectivity index (χ3v) is 7.34. The molecule has 1 saturated heterocycles. The number of pyridine rings is 1. The first-order valence-electron chi connectivity index (χ1n) is 7.84. The van der Waals surface area contributed by atoms with E-state index < -0.39 is 10.0 Å². The number of carbonyl (C=O) groups excluding carboxylic acids is 1. The van der Waals surface area contributed by atoms with E-state index in [4.69, 9.17) is 0 Å². The van der Waals surface area contributed by atoms with Crippen molar-refractivity contribution in [1.82, 2.24) is 14.6 Å². The Bertz CT molecular complexity index is 797. The van der Waals surface area contributed by atoms with Gasteiger partial charge in [-0.2, -0.15) is 4.31 Å². The molecule has 0 aliphatic carbocycles. The highest BCUT2D eigenvalue weighted by Gasteiger charge is 2.27. The van der Waals surface area contributed by atoms with Crippen molar-refractivity contribution in [2.75, 3.05) is 13.1 Å². The van der Waals surface area contributed by atoms with Crippen LogP contribution in [-0.4, -0.2) is 36.7 Å². The number of nitrogens with one attached hydrogen (secondary N) is 1. The molecular weight excluding hydrogens is 346 g/mol. The van der Waals surface area contributed by atoms with E-state index >= 15 is 0 Å². The molecule has 1 aliphatic rings. The van der Waals surface area contributed by atoms with Crippen LogP contribution in [0.4, 0.5) is 0 Å². The molecule has 1 aliphatic heterocycles. The summed E-state index contributed by atoms with van der Waals surface area (Å²) in [7, 11) is -3.40. The van der Waals surface area contributed by atoms with Gasteiger partial charge in [-0.25, -0.2) is 8.42 Å². The number of hydrogen-bond donors (Lipinski definition) is 1. The molecule has 0 unspecified atom stereocenters. The Morgan fingerprint density at radius 2 is 2.00 bits per heavy atom. The van der Waals surface area contributed by atoms with Crippen molar-refractivity contribution in [3.05, 3.63) is 47.1 Å². The van der Waals surface area contributed by atoms with Crippen LogP contribution in [0.15, 0.2) is 40.9 Å². The molecule has 0 atom stereocenters. The van der Waals surface area contributed by atoms with Crippen LogP contribution >= 0.6 is 11.3 Å². The van der Waals surface area contributed by atoms with Gasteiger partial charge in [0.1, 0.15) is 4.21 Å². The van der Waals surface area contributed by atoms with Crippen molar-refractivity contribution in [3.8, 4) is 0 Å². The van der Waals surface area contributed by atoms with Crippen LogP contribution in [0.1, 0.15) is 34.5 Å². The zero-order valence-electron chi connectivity index (χ0n) is 13.1. The van der Waals surface area contributed by atoms with Gasteiger partial charge in [-0.1, -0.05) is 6.42 Å². The summed E-state index contributed by atoms with van der Waals surface area (Å²) in [5, 5.41) is 2.78. The summed E-state index contributed by atoms with van der Waals surface area (Å²) in [6.07, 6.45) is 6.02. The molecule has 2 aromatic rings. The average Bonchev–Trinajstić information content (AvgIpc) is 3.11. The fraction of sp³-hybridized carbons (Fsp3) is 0.375. The average molecular weight is 365 g/mol. The fourth-order valence-corrected chi connectivity index (χ4v) is 5.56. The zero-order chi connectivity index (χ0) is 17.0. The second-order valence-electron chi connectivity index (χ2n) is 5.61. The minimum Gasteiger partial charge on any atom is -0.347 e. The van der Waals surface area contributed by atoms with Crippen LogP contribution in [0.5, 0.6) is 0 Å². The van der Waals surface area contributed by atoms with E-state index in [9.17, 15) is 13.2 Å². The van der Waals surface area contributed by atoms with Crippen molar-refractivity contribution in [3.63, 3.8) is 0 Å². The molecule has 6 nitrogen and oxygen atoms in total. The van der Waals surface area contributed by atoms with E-state index in [1.165, 1.54) is 17.5 Å². The predicted octanol–water partition coefficient (Wildman–Crippen LogP) is 2.25. The third-order valence-electron chi connectivity index (χ3n) is 3.89. The van der Waals surface area contributed by atoms with Crippen LogP contribution in [0.3, 0.4) is 0 Å². The number of sulfonamides is 1.